The highest BCUT2D eigenvalue weighted by Gasteiger charge is 2.15. The van der Waals surface area contributed by atoms with Crippen molar-refractivity contribution >= 4 is 29.0 Å². The van der Waals surface area contributed by atoms with Crippen molar-refractivity contribution in [2.24, 2.45) is 5.41 Å². The maximum Gasteiger partial charge on any atom is 0.323 e. The number of hydrogen-bond donors (Lipinski definition) is 3. The highest BCUT2D eigenvalue weighted by Crippen LogP contribution is 2.20. The Morgan fingerprint density at radius 2 is 1.21 bits per heavy atom. The first-order chi connectivity index (χ1) is 11.3. The van der Waals surface area contributed by atoms with Crippen molar-refractivity contribution in [2.75, 3.05) is 16.0 Å². The highest BCUT2D eigenvalue weighted by molar-refractivity contribution is 6.00. The third-order valence-electron chi connectivity index (χ3n) is 3.15. The van der Waals surface area contributed by atoms with Crippen molar-refractivity contribution in [1.29, 1.82) is 0 Å². The number of urea groups is 1. The highest BCUT2D eigenvalue weighted by atomic mass is 16.2. The molecule has 0 aliphatic rings. The second kappa shape index (κ2) is 7.64. The summed E-state index contributed by atoms with van der Waals surface area (Å²) < 4.78 is 0. The topological polar surface area (TPSA) is 70.2 Å². The van der Waals surface area contributed by atoms with Gasteiger partial charge in [-0.05, 0) is 41.8 Å². The number of hydrogen-bond acceptors (Lipinski definition) is 2. The van der Waals surface area contributed by atoms with Gasteiger partial charge in [0.05, 0.1) is 0 Å². The number of para-hydroxylation sites is 1. The molecule has 3 N–H and O–H groups in total. The van der Waals surface area contributed by atoms with Crippen LogP contribution in [0.3, 0.4) is 0 Å². The van der Waals surface area contributed by atoms with Gasteiger partial charge in [0.2, 0.25) is 5.91 Å². The smallest absolute Gasteiger partial charge is 0.323 e. The van der Waals surface area contributed by atoms with Crippen LogP contribution >= 0.6 is 0 Å². The quantitative estimate of drug-likeness (QED) is 0.762. The van der Waals surface area contributed by atoms with E-state index in [-0.39, 0.29) is 17.4 Å². The van der Waals surface area contributed by atoms with E-state index in [1.165, 1.54) is 0 Å². The average Bonchev–Trinajstić information content (AvgIpc) is 2.48. The van der Waals surface area contributed by atoms with Gasteiger partial charge in [-0.2, -0.15) is 0 Å². The zero-order valence-corrected chi connectivity index (χ0v) is 14.2. The molecule has 0 saturated carbocycles. The fraction of sp³-hybridized carbons (Fsp3) is 0.263. The number of amides is 3. The molecular formula is C19H23N3O2. The fourth-order valence-corrected chi connectivity index (χ4v) is 2.14. The Morgan fingerprint density at radius 1 is 0.750 bits per heavy atom. The van der Waals surface area contributed by atoms with Crippen molar-refractivity contribution in [1.82, 2.24) is 0 Å². The van der Waals surface area contributed by atoms with E-state index in [0.717, 1.165) is 5.69 Å². The van der Waals surface area contributed by atoms with E-state index in [0.29, 0.717) is 17.8 Å². The van der Waals surface area contributed by atoms with Gasteiger partial charge >= 0.3 is 6.03 Å². The lowest BCUT2D eigenvalue weighted by atomic mass is 9.92. The van der Waals surface area contributed by atoms with Crippen molar-refractivity contribution in [2.45, 2.75) is 27.2 Å². The first kappa shape index (κ1) is 17.5. The minimum absolute atomic E-state index is 0.0231. The molecule has 2 aromatic rings. The standard InChI is InChI=1S/C19H23N3O2/c1-19(2,3)13-17(23)20-15-9-11-16(12-10-15)22-18(24)21-14-7-5-4-6-8-14/h4-12H,13H2,1-3H3,(H,20,23)(H2,21,22,24). The molecule has 0 aliphatic heterocycles. The number of carbonyl (C=O) groups is 2. The molecule has 2 rings (SSSR count). The van der Waals surface area contributed by atoms with Crippen LogP contribution in [0.4, 0.5) is 21.9 Å². The Morgan fingerprint density at radius 3 is 1.71 bits per heavy atom. The fourth-order valence-electron chi connectivity index (χ4n) is 2.14. The van der Waals surface area contributed by atoms with Gasteiger partial charge in [0.1, 0.15) is 0 Å². The van der Waals surface area contributed by atoms with E-state index in [2.05, 4.69) is 16.0 Å². The minimum Gasteiger partial charge on any atom is -0.326 e. The van der Waals surface area contributed by atoms with E-state index in [1.807, 2.05) is 51.1 Å². The molecule has 0 aromatic heterocycles. The van der Waals surface area contributed by atoms with Gasteiger partial charge in [0.15, 0.2) is 0 Å². The van der Waals surface area contributed by atoms with E-state index in [4.69, 9.17) is 0 Å². The van der Waals surface area contributed by atoms with Gasteiger partial charge in [-0.15, -0.1) is 0 Å². The summed E-state index contributed by atoms with van der Waals surface area (Å²) in [5, 5.41) is 8.34. The van der Waals surface area contributed by atoms with Gasteiger partial charge < -0.3 is 16.0 Å². The molecule has 24 heavy (non-hydrogen) atoms. The Labute approximate surface area is 142 Å². The molecule has 0 bridgehead atoms. The van der Waals surface area contributed by atoms with Crippen molar-refractivity contribution in [3.05, 3.63) is 54.6 Å². The first-order valence-electron chi connectivity index (χ1n) is 7.85. The van der Waals surface area contributed by atoms with E-state index >= 15 is 0 Å². The van der Waals surface area contributed by atoms with Gasteiger partial charge in [0, 0.05) is 23.5 Å². The van der Waals surface area contributed by atoms with Crippen LogP contribution in [0, 0.1) is 5.41 Å². The summed E-state index contributed by atoms with van der Waals surface area (Å²) in [5.41, 5.74) is 2.03. The van der Waals surface area contributed by atoms with E-state index in [9.17, 15) is 9.59 Å². The second-order valence-electron chi connectivity index (χ2n) is 6.81. The average molecular weight is 325 g/mol. The first-order valence-corrected chi connectivity index (χ1v) is 7.85. The maximum atomic E-state index is 11.9. The molecule has 0 atom stereocenters. The zero-order chi connectivity index (χ0) is 17.6. The summed E-state index contributed by atoms with van der Waals surface area (Å²) in [6.07, 6.45) is 0.451. The number of anilines is 3. The monoisotopic (exact) mass is 325 g/mol. The molecule has 3 amide bonds. The zero-order valence-electron chi connectivity index (χ0n) is 14.2. The summed E-state index contributed by atoms with van der Waals surface area (Å²) in [6.45, 7) is 6.06. The van der Waals surface area contributed by atoms with Crippen molar-refractivity contribution in [3.63, 3.8) is 0 Å². The summed E-state index contributed by atoms with van der Waals surface area (Å²) >= 11 is 0. The molecule has 0 unspecified atom stereocenters. The van der Waals surface area contributed by atoms with Crippen LogP contribution in [0.25, 0.3) is 0 Å². The Kier molecular flexibility index (Phi) is 5.58. The van der Waals surface area contributed by atoms with Crippen LogP contribution in [-0.4, -0.2) is 11.9 Å². The van der Waals surface area contributed by atoms with Gasteiger partial charge in [-0.25, -0.2) is 4.79 Å². The summed E-state index contributed by atoms with van der Waals surface area (Å²) in [6, 6.07) is 15.9. The molecule has 0 radical (unpaired) electrons. The van der Waals surface area contributed by atoms with E-state index in [1.54, 1.807) is 24.3 Å². The summed E-state index contributed by atoms with van der Waals surface area (Å²) in [7, 11) is 0. The lowest BCUT2D eigenvalue weighted by Crippen LogP contribution is -2.20. The third kappa shape index (κ3) is 6.12. The molecule has 126 valence electrons. The van der Waals surface area contributed by atoms with Crippen LogP contribution in [0.5, 0.6) is 0 Å². The number of carbonyl (C=O) groups excluding carboxylic acids is 2. The number of nitrogens with one attached hydrogen (secondary N) is 3. The molecule has 0 saturated heterocycles. The predicted molar refractivity (Wildman–Crippen MR) is 98.2 cm³/mol. The summed E-state index contributed by atoms with van der Waals surface area (Å²) in [4.78, 5) is 23.8. The third-order valence-corrected chi connectivity index (χ3v) is 3.15. The maximum absolute atomic E-state index is 11.9. The van der Waals surface area contributed by atoms with Crippen LogP contribution in [-0.2, 0) is 4.79 Å². The molecule has 0 spiro atoms. The second-order valence-corrected chi connectivity index (χ2v) is 6.81. The lowest BCUT2D eigenvalue weighted by Gasteiger charge is -2.17. The Hall–Kier alpha value is -2.82. The predicted octanol–water partition coefficient (Wildman–Crippen LogP) is 4.71. The molecule has 0 aliphatic carbocycles. The molecular weight excluding hydrogens is 302 g/mol. The SMILES string of the molecule is CC(C)(C)CC(=O)Nc1ccc(NC(=O)Nc2ccccc2)cc1. The minimum atomic E-state index is -0.314. The van der Waals surface area contributed by atoms with Gasteiger partial charge in [0.25, 0.3) is 0 Å². The van der Waals surface area contributed by atoms with E-state index < -0.39 is 0 Å². The molecule has 2 aromatic carbocycles. The number of benzene rings is 2. The molecule has 5 heteroatoms. The molecule has 5 nitrogen and oxygen atoms in total. The Bertz CT molecular complexity index is 689. The lowest BCUT2D eigenvalue weighted by molar-refractivity contribution is -0.117. The normalized spacial score (nSPS) is 10.8. The number of rotatable bonds is 4. The van der Waals surface area contributed by atoms with Crippen molar-refractivity contribution < 1.29 is 9.59 Å². The van der Waals surface area contributed by atoms with Gasteiger partial charge in [-0.1, -0.05) is 39.0 Å². The van der Waals surface area contributed by atoms with Crippen LogP contribution in [0.2, 0.25) is 0 Å². The van der Waals surface area contributed by atoms with Crippen molar-refractivity contribution in [3.8, 4) is 0 Å². The Balaban J connectivity index is 1.87. The molecule has 0 heterocycles. The summed E-state index contributed by atoms with van der Waals surface area (Å²) in [5.74, 6) is -0.0231. The molecule has 0 fully saturated rings. The van der Waals surface area contributed by atoms with Crippen LogP contribution < -0.4 is 16.0 Å². The van der Waals surface area contributed by atoms with Crippen LogP contribution in [0.15, 0.2) is 54.6 Å². The van der Waals surface area contributed by atoms with Crippen LogP contribution in [0.1, 0.15) is 27.2 Å². The van der Waals surface area contributed by atoms with Gasteiger partial charge in [-0.3, -0.25) is 4.79 Å². The largest absolute Gasteiger partial charge is 0.326 e.